The summed E-state index contributed by atoms with van der Waals surface area (Å²) in [5.41, 5.74) is 1.68. The van der Waals surface area contributed by atoms with Crippen molar-refractivity contribution in [2.24, 2.45) is 18.9 Å². The number of aliphatic hydroxyl groups excluding tert-OH is 1. The van der Waals surface area contributed by atoms with Crippen LogP contribution < -0.4 is 10.1 Å². The van der Waals surface area contributed by atoms with Crippen LogP contribution in [0.15, 0.2) is 91.1 Å². The van der Waals surface area contributed by atoms with Crippen molar-refractivity contribution in [3.05, 3.63) is 135 Å². The van der Waals surface area contributed by atoms with Crippen molar-refractivity contribution in [2.75, 3.05) is 33.8 Å². The molecule has 0 radical (unpaired) electrons. The predicted molar refractivity (Wildman–Crippen MR) is 248 cm³/mol. The molecule has 4 atom stereocenters. The highest BCUT2D eigenvalue weighted by Gasteiger charge is 2.43. The van der Waals surface area contributed by atoms with Crippen LogP contribution in [0.5, 0.6) is 11.5 Å². The first-order valence-electron chi connectivity index (χ1n) is 22.0. The third-order valence-corrected chi connectivity index (χ3v) is 13.0. The molecule has 12 nitrogen and oxygen atoms in total. The van der Waals surface area contributed by atoms with Crippen molar-refractivity contribution in [3.8, 4) is 22.8 Å². The summed E-state index contributed by atoms with van der Waals surface area (Å²) < 4.78 is 40.2. The molecule has 0 spiro atoms. The minimum absolute atomic E-state index is 0.0676. The lowest BCUT2D eigenvalue weighted by atomic mass is 9.81. The first kappa shape index (κ1) is 48.3. The number of aromatic nitrogens is 2. The molecular formula is C50H54Cl2F2N6O6. The van der Waals surface area contributed by atoms with E-state index in [2.05, 4.69) is 10.3 Å². The van der Waals surface area contributed by atoms with Gasteiger partial charge in [-0.15, -0.1) is 0 Å². The van der Waals surface area contributed by atoms with E-state index in [-0.39, 0.29) is 47.4 Å². The molecule has 5 aromatic rings. The summed E-state index contributed by atoms with van der Waals surface area (Å²) in [7, 11) is 5.67. The number of ether oxygens (including phenoxy) is 1. The van der Waals surface area contributed by atoms with Crippen molar-refractivity contribution in [1.82, 2.24) is 29.6 Å². The summed E-state index contributed by atoms with van der Waals surface area (Å²) in [6.45, 7) is 1.28. The Morgan fingerprint density at radius 1 is 0.894 bits per heavy atom. The number of amides is 3. The molecule has 7 rings (SSSR count). The number of halogens is 4. The number of imidazole rings is 1. The number of fused-ring (bicyclic) bond motifs is 2. The molecule has 0 unspecified atom stereocenters. The van der Waals surface area contributed by atoms with Gasteiger partial charge in [0.25, 0.3) is 0 Å². The fourth-order valence-corrected chi connectivity index (χ4v) is 9.29. The van der Waals surface area contributed by atoms with Gasteiger partial charge in [-0.2, -0.15) is 0 Å². The third kappa shape index (κ3) is 11.3. The van der Waals surface area contributed by atoms with Crippen molar-refractivity contribution in [2.45, 2.75) is 70.1 Å². The molecule has 2 aliphatic heterocycles. The van der Waals surface area contributed by atoms with Crippen molar-refractivity contribution in [3.63, 3.8) is 0 Å². The van der Waals surface area contributed by atoms with E-state index >= 15 is 8.78 Å². The first-order chi connectivity index (χ1) is 31.5. The maximum Gasteiger partial charge on any atom is 0.226 e. The molecule has 2 fully saturated rings. The SMILES string of the molecule is C[C@H]1C(=O)C[C@@H](CO)C(=O)N[C@@]2(Cc3ccc(Cl)cc3)CCCN(C2)C(=O)[C@H](Cc2ccccc2)CC(=O)N1Cc1c(F)cc(Cl)cc1Oc1ccc(-c2cnc(CN(C)C)n2C)cc1F. The van der Waals surface area contributed by atoms with Crippen LogP contribution in [0.4, 0.5) is 8.78 Å². The summed E-state index contributed by atoms with van der Waals surface area (Å²) in [5, 5.41) is 14.2. The van der Waals surface area contributed by atoms with Crippen LogP contribution in [-0.4, -0.2) is 98.2 Å². The molecule has 4 aromatic carbocycles. The van der Waals surface area contributed by atoms with E-state index in [4.69, 9.17) is 27.9 Å². The number of benzene rings is 4. The fraction of sp³-hybridized carbons (Fsp3) is 0.380. The Bertz CT molecular complexity index is 2580. The molecule has 1 aromatic heterocycles. The monoisotopic (exact) mass is 942 g/mol. The van der Waals surface area contributed by atoms with Crippen LogP contribution in [-0.2, 0) is 52.2 Å². The molecule has 3 heterocycles. The zero-order chi connectivity index (χ0) is 47.3. The molecule has 3 amide bonds. The van der Waals surface area contributed by atoms with Gasteiger partial charge in [0, 0.05) is 54.2 Å². The minimum atomic E-state index is -1.28. The number of aliphatic hydroxyl groups is 1. The van der Waals surface area contributed by atoms with E-state index in [9.17, 15) is 24.3 Å². The highest BCUT2D eigenvalue weighted by molar-refractivity contribution is 6.31. The maximum absolute atomic E-state index is 16.3. The number of carbonyl (C=O) groups excluding carboxylic acids is 4. The van der Waals surface area contributed by atoms with E-state index in [1.807, 2.05) is 73.1 Å². The number of rotatable bonds is 12. The zero-order valence-corrected chi connectivity index (χ0v) is 38.9. The molecule has 0 saturated carbocycles. The number of hydrogen-bond donors (Lipinski definition) is 2. The van der Waals surface area contributed by atoms with Crippen LogP contribution in [0.25, 0.3) is 11.3 Å². The maximum atomic E-state index is 16.3. The second kappa shape index (κ2) is 20.9. The van der Waals surface area contributed by atoms with Crippen molar-refractivity contribution in [1.29, 1.82) is 0 Å². The average Bonchev–Trinajstić information content (AvgIpc) is 3.64. The highest BCUT2D eigenvalue weighted by atomic mass is 35.5. The van der Waals surface area contributed by atoms with Gasteiger partial charge in [-0.05, 0) is 100 Å². The standard InChI is InChI=1S/C50H54Cl2F2N6O6/c1-31-43(62)21-36(29-61)48(64)56-50(25-33-11-14-37(51)15-12-33)17-8-18-59(30-50)49(65)35(19-32-9-6-5-7-10-32)22-47(63)60(31)27-39-40(53)23-38(52)24-45(39)66-44-16-13-34(20-41(44)54)42-26-55-46(58(42)4)28-57(2)3/h5-7,9-16,20,23-24,26,31,35-36,61H,8,17-19,21-22,25,27-30H2,1-4H3,(H,56,64)/t31-,35+,36-,50+/m0/s1. The van der Waals surface area contributed by atoms with Gasteiger partial charge in [-0.1, -0.05) is 65.7 Å². The van der Waals surface area contributed by atoms with Crippen molar-refractivity contribution < 1.29 is 37.8 Å². The predicted octanol–water partition coefficient (Wildman–Crippen LogP) is 7.79. The number of piperidine rings is 1. The molecule has 0 aliphatic carbocycles. The molecule has 348 valence electrons. The van der Waals surface area contributed by atoms with E-state index in [0.29, 0.717) is 48.6 Å². The van der Waals surface area contributed by atoms with Gasteiger partial charge in [0.05, 0.1) is 55.0 Å². The summed E-state index contributed by atoms with van der Waals surface area (Å²) in [6.07, 6.45) is 2.40. The molecule has 2 saturated heterocycles. The Balaban J connectivity index is 1.24. The van der Waals surface area contributed by atoms with E-state index in [1.165, 1.54) is 25.1 Å². The van der Waals surface area contributed by atoms with Gasteiger partial charge < -0.3 is 34.4 Å². The lowest BCUT2D eigenvalue weighted by Crippen LogP contribution is -2.63. The van der Waals surface area contributed by atoms with Gasteiger partial charge in [-0.3, -0.25) is 19.2 Å². The molecule has 2 N–H and O–H groups in total. The van der Waals surface area contributed by atoms with Crippen molar-refractivity contribution >= 4 is 46.7 Å². The third-order valence-electron chi connectivity index (χ3n) is 12.6. The second-order valence-electron chi connectivity index (χ2n) is 17.7. The van der Waals surface area contributed by atoms with Gasteiger partial charge in [0.1, 0.15) is 17.4 Å². The van der Waals surface area contributed by atoms with Crippen LogP contribution in [0.2, 0.25) is 10.0 Å². The summed E-state index contributed by atoms with van der Waals surface area (Å²) in [4.78, 5) is 67.5. The Morgan fingerprint density at radius 3 is 2.33 bits per heavy atom. The number of carbonyl (C=O) groups is 4. The smallest absolute Gasteiger partial charge is 0.226 e. The average molecular weight is 944 g/mol. The summed E-state index contributed by atoms with van der Waals surface area (Å²) in [5.74, 6) is -5.60. The van der Waals surface area contributed by atoms with Crippen LogP contribution in [0.3, 0.4) is 0 Å². The lowest BCUT2D eigenvalue weighted by molar-refractivity contribution is -0.147. The van der Waals surface area contributed by atoms with E-state index < -0.39 is 72.2 Å². The minimum Gasteiger partial charge on any atom is -0.454 e. The first-order valence-corrected chi connectivity index (χ1v) is 22.7. The molecule has 2 aliphatic rings. The number of Topliss-reactive ketones (excluding diaryl/α,β-unsaturated/α-hetero) is 1. The largest absolute Gasteiger partial charge is 0.454 e. The Kier molecular flexibility index (Phi) is 15.3. The fourth-order valence-electron chi connectivity index (χ4n) is 8.97. The van der Waals surface area contributed by atoms with Crippen LogP contribution in [0, 0.1) is 23.5 Å². The second-order valence-corrected chi connectivity index (χ2v) is 18.6. The Morgan fingerprint density at radius 2 is 1.64 bits per heavy atom. The molecule has 2 bridgehead atoms. The van der Waals surface area contributed by atoms with Gasteiger partial charge in [-0.25, -0.2) is 13.8 Å². The highest BCUT2D eigenvalue weighted by Crippen LogP contribution is 2.36. The summed E-state index contributed by atoms with van der Waals surface area (Å²) >= 11 is 12.6. The molecular weight excluding hydrogens is 889 g/mol. The Labute approximate surface area is 393 Å². The number of nitrogens with one attached hydrogen (secondary N) is 1. The van der Waals surface area contributed by atoms with Gasteiger partial charge in [0.15, 0.2) is 17.3 Å². The molecule has 16 heteroatoms. The quantitative estimate of drug-likeness (QED) is 0.129. The van der Waals surface area contributed by atoms with Crippen LogP contribution >= 0.6 is 23.2 Å². The number of nitrogens with zero attached hydrogens (tertiary/aromatic N) is 5. The molecule has 66 heavy (non-hydrogen) atoms. The van der Waals surface area contributed by atoms with Crippen LogP contribution in [0.1, 0.15) is 55.1 Å². The lowest BCUT2D eigenvalue weighted by Gasteiger charge is -2.45. The van der Waals surface area contributed by atoms with E-state index in [0.717, 1.165) is 27.9 Å². The van der Waals surface area contributed by atoms with Gasteiger partial charge in [0.2, 0.25) is 17.7 Å². The number of hydrogen-bond acceptors (Lipinski definition) is 8. The summed E-state index contributed by atoms with van der Waals surface area (Å²) in [6, 6.07) is 21.8. The normalized spacial score (nSPS) is 21.0. The van der Waals surface area contributed by atoms with Gasteiger partial charge >= 0.3 is 0 Å². The zero-order valence-electron chi connectivity index (χ0n) is 37.4. The topological polar surface area (TPSA) is 137 Å². The Hall–Kier alpha value is -5.67. The van der Waals surface area contributed by atoms with E-state index in [1.54, 1.807) is 29.3 Å². The number of ketones is 1.